The second-order valence-electron chi connectivity index (χ2n) is 10.7. The summed E-state index contributed by atoms with van der Waals surface area (Å²) in [4.78, 5) is 25.1. The number of hydrogen-bond donors (Lipinski definition) is 2. The highest BCUT2D eigenvalue weighted by Gasteiger charge is 2.26. The maximum Gasteiger partial charge on any atom is 0.410 e. The molecule has 3 aromatic rings. The molecule has 1 aromatic heterocycles. The van der Waals surface area contributed by atoms with Crippen LogP contribution in [-0.4, -0.2) is 74.5 Å². The normalized spacial score (nSPS) is 14.0. The summed E-state index contributed by atoms with van der Waals surface area (Å²) in [7, 11) is -1.66. The van der Waals surface area contributed by atoms with Gasteiger partial charge < -0.3 is 29.9 Å². The topological polar surface area (TPSA) is 126 Å². The summed E-state index contributed by atoms with van der Waals surface area (Å²) < 4.78 is 34.9. The highest BCUT2D eigenvalue weighted by atomic mass is 35.5. The average molecular weight is 603 g/mol. The van der Waals surface area contributed by atoms with Crippen LogP contribution in [0.1, 0.15) is 26.3 Å². The van der Waals surface area contributed by atoms with E-state index in [1.54, 1.807) is 36.3 Å². The van der Waals surface area contributed by atoms with Crippen LogP contribution in [0.5, 0.6) is 5.75 Å². The van der Waals surface area contributed by atoms with E-state index in [4.69, 9.17) is 21.1 Å². The summed E-state index contributed by atoms with van der Waals surface area (Å²) in [6.45, 7) is 8.00. The first-order valence-electron chi connectivity index (χ1n) is 13.0. The zero-order valence-corrected chi connectivity index (χ0v) is 25.3. The average Bonchev–Trinajstić information content (AvgIpc) is 2.90. The van der Waals surface area contributed by atoms with Gasteiger partial charge in [0, 0.05) is 49.9 Å². The van der Waals surface area contributed by atoms with E-state index in [0.717, 1.165) is 5.69 Å². The molecular formula is C28H35ClN6O5S. The van der Waals surface area contributed by atoms with Crippen LogP contribution in [-0.2, 0) is 20.3 Å². The Hall–Kier alpha value is -3.77. The molecule has 1 aliphatic heterocycles. The summed E-state index contributed by atoms with van der Waals surface area (Å²) in [6, 6.07) is 12.8. The standard InChI is InChI=1S/C28H35ClN6O5S/c1-28(2,3)40-27(36)35-14-12-34(13-15-35)20-10-11-23(24(16-20)39-4)32-26-30-17-21(29)25(33-26)31-22-9-7-6-8-19(22)18-41(5,37)38/h6-11,16-17H,12-15,18H2,1-5H3,(H2,30,31,32,33). The van der Waals surface area contributed by atoms with Crippen molar-refractivity contribution in [3.8, 4) is 5.75 Å². The molecule has 1 aliphatic rings. The lowest BCUT2D eigenvalue weighted by Crippen LogP contribution is -2.50. The Morgan fingerprint density at radius 2 is 1.76 bits per heavy atom. The second kappa shape index (κ2) is 12.4. The van der Waals surface area contributed by atoms with Gasteiger partial charge in [0.2, 0.25) is 5.95 Å². The summed E-state index contributed by atoms with van der Waals surface area (Å²) >= 11 is 6.37. The molecule has 2 heterocycles. The van der Waals surface area contributed by atoms with Crippen molar-refractivity contribution in [3.05, 3.63) is 59.2 Å². The summed E-state index contributed by atoms with van der Waals surface area (Å²) in [5.41, 5.74) is 2.26. The van der Waals surface area contributed by atoms with Gasteiger partial charge in [-0.05, 0) is 44.5 Å². The predicted molar refractivity (Wildman–Crippen MR) is 162 cm³/mol. The molecule has 2 N–H and O–H groups in total. The van der Waals surface area contributed by atoms with Gasteiger partial charge in [-0.2, -0.15) is 4.98 Å². The van der Waals surface area contributed by atoms with Gasteiger partial charge in [0.15, 0.2) is 15.7 Å². The van der Waals surface area contributed by atoms with Crippen LogP contribution < -0.4 is 20.3 Å². The number of ether oxygens (including phenoxy) is 2. The van der Waals surface area contributed by atoms with Crippen LogP contribution in [0.15, 0.2) is 48.7 Å². The van der Waals surface area contributed by atoms with E-state index < -0.39 is 15.4 Å². The number of carbonyl (C=O) groups is 1. The van der Waals surface area contributed by atoms with Crippen molar-refractivity contribution in [1.29, 1.82) is 0 Å². The van der Waals surface area contributed by atoms with E-state index in [-0.39, 0.29) is 22.8 Å². The number of rotatable bonds is 8. The first-order chi connectivity index (χ1) is 19.3. The summed E-state index contributed by atoms with van der Waals surface area (Å²) in [5.74, 6) is 1.06. The molecule has 11 nitrogen and oxygen atoms in total. The molecule has 1 amide bonds. The van der Waals surface area contributed by atoms with E-state index in [1.165, 1.54) is 12.5 Å². The number of benzene rings is 2. The molecule has 220 valence electrons. The first kappa shape index (κ1) is 30.2. The fourth-order valence-corrected chi connectivity index (χ4v) is 5.22. The molecule has 0 bridgehead atoms. The SMILES string of the molecule is COc1cc(N2CCN(C(=O)OC(C)(C)C)CC2)ccc1Nc1ncc(Cl)c(Nc2ccccc2CS(C)(=O)=O)n1. The molecular weight excluding hydrogens is 568 g/mol. The molecule has 0 spiro atoms. The number of para-hydroxylation sites is 1. The maximum absolute atomic E-state index is 12.4. The second-order valence-corrected chi connectivity index (χ2v) is 13.3. The Bertz CT molecular complexity index is 1500. The van der Waals surface area contributed by atoms with Crippen molar-refractivity contribution in [1.82, 2.24) is 14.9 Å². The van der Waals surface area contributed by atoms with E-state index in [0.29, 0.717) is 54.7 Å². The molecule has 2 aromatic carbocycles. The molecule has 1 saturated heterocycles. The molecule has 0 atom stereocenters. The van der Waals surface area contributed by atoms with Crippen LogP contribution in [0.25, 0.3) is 0 Å². The Labute approximate surface area is 245 Å². The molecule has 0 radical (unpaired) electrons. The number of amides is 1. The molecule has 4 rings (SSSR count). The fourth-order valence-electron chi connectivity index (χ4n) is 4.27. The minimum absolute atomic E-state index is 0.121. The van der Waals surface area contributed by atoms with E-state index in [2.05, 4.69) is 25.5 Å². The molecule has 0 aliphatic carbocycles. The molecule has 1 fully saturated rings. The van der Waals surface area contributed by atoms with Gasteiger partial charge in [0.05, 0.1) is 24.7 Å². The zero-order valence-electron chi connectivity index (χ0n) is 23.8. The van der Waals surface area contributed by atoms with E-state index in [9.17, 15) is 13.2 Å². The van der Waals surface area contributed by atoms with Crippen molar-refractivity contribution in [2.24, 2.45) is 0 Å². The van der Waals surface area contributed by atoms with E-state index in [1.807, 2.05) is 39.0 Å². The number of sulfone groups is 1. The van der Waals surface area contributed by atoms with Crippen molar-refractivity contribution >= 4 is 56.4 Å². The minimum atomic E-state index is -3.24. The minimum Gasteiger partial charge on any atom is -0.494 e. The van der Waals surface area contributed by atoms with Gasteiger partial charge in [-0.1, -0.05) is 29.8 Å². The van der Waals surface area contributed by atoms with Gasteiger partial charge in [-0.15, -0.1) is 0 Å². The van der Waals surface area contributed by atoms with Gasteiger partial charge in [-0.3, -0.25) is 0 Å². The van der Waals surface area contributed by atoms with E-state index >= 15 is 0 Å². The number of nitrogens with zero attached hydrogens (tertiary/aromatic N) is 4. The highest BCUT2D eigenvalue weighted by molar-refractivity contribution is 7.89. The largest absolute Gasteiger partial charge is 0.494 e. The first-order valence-corrected chi connectivity index (χ1v) is 15.5. The lowest BCUT2D eigenvalue weighted by molar-refractivity contribution is 0.0240. The zero-order chi connectivity index (χ0) is 29.8. The maximum atomic E-state index is 12.4. The summed E-state index contributed by atoms with van der Waals surface area (Å²) in [5, 5.41) is 6.58. The third kappa shape index (κ3) is 8.37. The highest BCUT2D eigenvalue weighted by Crippen LogP contribution is 2.33. The smallest absolute Gasteiger partial charge is 0.410 e. The fraction of sp³-hybridized carbons (Fsp3) is 0.393. The van der Waals surface area contributed by atoms with Crippen molar-refractivity contribution < 1.29 is 22.7 Å². The van der Waals surface area contributed by atoms with Crippen molar-refractivity contribution in [2.75, 3.05) is 55.1 Å². The van der Waals surface area contributed by atoms with Crippen LogP contribution in [0, 0.1) is 0 Å². The van der Waals surface area contributed by atoms with Crippen LogP contribution >= 0.6 is 11.6 Å². The Balaban J connectivity index is 1.46. The third-order valence-corrected chi connectivity index (χ3v) is 7.27. The van der Waals surface area contributed by atoms with Gasteiger partial charge in [0.1, 0.15) is 16.4 Å². The number of hydrogen-bond acceptors (Lipinski definition) is 10. The number of halogens is 1. The molecule has 13 heteroatoms. The Morgan fingerprint density at radius 1 is 1.05 bits per heavy atom. The number of nitrogens with one attached hydrogen (secondary N) is 2. The van der Waals surface area contributed by atoms with Crippen molar-refractivity contribution in [3.63, 3.8) is 0 Å². The molecule has 41 heavy (non-hydrogen) atoms. The predicted octanol–water partition coefficient (Wildman–Crippen LogP) is 5.23. The quantitative estimate of drug-likeness (QED) is 0.354. The Kier molecular flexibility index (Phi) is 9.13. The third-order valence-electron chi connectivity index (χ3n) is 6.16. The lowest BCUT2D eigenvalue weighted by atomic mass is 10.2. The van der Waals surface area contributed by atoms with Crippen molar-refractivity contribution in [2.45, 2.75) is 32.1 Å². The van der Waals surface area contributed by atoms with Gasteiger partial charge in [0.25, 0.3) is 0 Å². The van der Waals surface area contributed by atoms with Crippen LogP contribution in [0.3, 0.4) is 0 Å². The van der Waals surface area contributed by atoms with Crippen LogP contribution in [0.2, 0.25) is 5.02 Å². The number of carbonyl (C=O) groups excluding carboxylic acids is 1. The number of piperazine rings is 1. The monoisotopic (exact) mass is 602 g/mol. The number of anilines is 5. The molecule has 0 saturated carbocycles. The number of aromatic nitrogens is 2. The molecule has 0 unspecified atom stereocenters. The number of methoxy groups -OCH3 is 1. The van der Waals surface area contributed by atoms with Crippen LogP contribution in [0.4, 0.5) is 33.6 Å². The lowest BCUT2D eigenvalue weighted by Gasteiger charge is -2.37. The van der Waals surface area contributed by atoms with Gasteiger partial charge >= 0.3 is 6.09 Å². The van der Waals surface area contributed by atoms with Gasteiger partial charge in [-0.25, -0.2) is 18.2 Å². The summed E-state index contributed by atoms with van der Waals surface area (Å²) in [6.07, 6.45) is 2.35. The Morgan fingerprint density at radius 3 is 2.41 bits per heavy atom.